The second-order valence-corrected chi connectivity index (χ2v) is 26.1. The van der Waals surface area contributed by atoms with Crippen LogP contribution >= 0.6 is 0 Å². The molecule has 2 aliphatic rings. The molecule has 0 aliphatic carbocycles. The fourth-order valence-corrected chi connectivity index (χ4v) is 12.4. The van der Waals surface area contributed by atoms with Crippen molar-refractivity contribution in [3.63, 3.8) is 0 Å². The Morgan fingerprint density at radius 2 is 0.729 bits per heavy atom. The van der Waals surface area contributed by atoms with Gasteiger partial charge in [0, 0.05) is 6.42 Å². The zero-order valence-electron chi connectivity index (χ0n) is 54.9. The van der Waals surface area contributed by atoms with Gasteiger partial charge < -0.3 is 65.1 Å². The van der Waals surface area contributed by atoms with Crippen LogP contribution in [-0.2, 0) is 23.7 Å². The molecule has 0 aromatic rings. The Balaban J connectivity index is 1.66. The van der Waals surface area contributed by atoms with Crippen LogP contribution in [0.1, 0.15) is 341 Å². The van der Waals surface area contributed by atoms with Gasteiger partial charge in [-0.3, -0.25) is 4.79 Å². The summed E-state index contributed by atoms with van der Waals surface area (Å²) in [7, 11) is 0. The van der Waals surface area contributed by atoms with Gasteiger partial charge in [-0.15, -0.1) is 0 Å². The van der Waals surface area contributed by atoms with E-state index < -0.39 is 86.8 Å². The molecular weight excluding hydrogens is 1070 g/mol. The van der Waals surface area contributed by atoms with E-state index in [1.54, 1.807) is 6.08 Å². The third-order valence-electron chi connectivity index (χ3n) is 18.2. The van der Waals surface area contributed by atoms with Crippen molar-refractivity contribution in [1.29, 1.82) is 0 Å². The Morgan fingerprint density at radius 1 is 0.412 bits per heavy atom. The number of rotatable bonds is 61. The third-order valence-corrected chi connectivity index (χ3v) is 18.2. The maximum Gasteiger partial charge on any atom is 0.220 e. The molecule has 2 aliphatic heterocycles. The number of carbonyl (C=O) groups is 1. The van der Waals surface area contributed by atoms with E-state index in [-0.39, 0.29) is 18.9 Å². The Labute approximate surface area is 520 Å². The first-order chi connectivity index (χ1) is 41.6. The molecule has 0 aromatic carbocycles. The quantitative estimate of drug-likeness (QED) is 0.0204. The number of amides is 1. The van der Waals surface area contributed by atoms with Gasteiger partial charge in [0.2, 0.25) is 5.91 Å². The van der Waals surface area contributed by atoms with Crippen LogP contribution in [0.15, 0.2) is 12.2 Å². The molecule has 0 bridgehead atoms. The summed E-state index contributed by atoms with van der Waals surface area (Å²) in [5, 5.41) is 87.5. The molecule has 1 amide bonds. The van der Waals surface area contributed by atoms with E-state index in [9.17, 15) is 45.6 Å². The van der Waals surface area contributed by atoms with E-state index in [1.165, 1.54) is 276 Å². The van der Waals surface area contributed by atoms with Gasteiger partial charge in [0.15, 0.2) is 12.6 Å². The highest BCUT2D eigenvalue weighted by atomic mass is 16.7. The summed E-state index contributed by atoms with van der Waals surface area (Å²) in [6.07, 6.45) is 52.7. The van der Waals surface area contributed by atoms with Gasteiger partial charge in [-0.25, -0.2) is 0 Å². The summed E-state index contributed by atoms with van der Waals surface area (Å²) in [4.78, 5) is 13.3. The predicted octanol–water partition coefficient (Wildman–Crippen LogP) is 15.0. The maximum atomic E-state index is 13.3. The normalized spacial score (nSPS) is 23.5. The highest BCUT2D eigenvalue weighted by molar-refractivity contribution is 5.76. The van der Waals surface area contributed by atoms with Crippen molar-refractivity contribution in [1.82, 2.24) is 5.32 Å². The summed E-state index contributed by atoms with van der Waals surface area (Å²) in [6.45, 7) is 2.87. The maximum absolute atomic E-state index is 13.3. The molecule has 0 spiro atoms. The van der Waals surface area contributed by atoms with Crippen molar-refractivity contribution in [2.24, 2.45) is 0 Å². The van der Waals surface area contributed by atoms with Crippen LogP contribution in [0, 0.1) is 0 Å². The van der Waals surface area contributed by atoms with Crippen LogP contribution in [0.25, 0.3) is 0 Å². The number of carbonyl (C=O) groups excluding carboxylic acids is 1. The standard InChI is InChI=1S/C71H137NO13/c1-3-5-7-9-11-13-15-17-19-21-23-25-27-28-29-30-31-33-35-37-39-41-43-45-47-49-51-53-55-63(76)72-59(58-82-70-68(81)66(79)69(62(57-74)84-70)85-71-67(80)65(78)64(77)61(56-73)83-71)60(75)54-52-50-48-46-44-42-40-38-36-34-32-26-24-22-20-18-16-14-12-10-8-6-4-2/h52,54,59-62,64-71,73-75,77-81H,3-51,53,55-58H2,1-2H3,(H,72,76)/b54-52+. The predicted molar refractivity (Wildman–Crippen MR) is 346 cm³/mol. The third kappa shape index (κ3) is 41.0. The van der Waals surface area contributed by atoms with E-state index in [1.807, 2.05) is 6.08 Å². The van der Waals surface area contributed by atoms with E-state index in [0.29, 0.717) is 0 Å². The molecule has 12 unspecified atom stereocenters. The molecular formula is C71H137NO13. The molecule has 2 rings (SSSR count). The first-order valence-corrected chi connectivity index (χ1v) is 36.4. The molecule has 14 nitrogen and oxygen atoms in total. The van der Waals surface area contributed by atoms with Gasteiger partial charge in [0.25, 0.3) is 0 Å². The molecule has 2 saturated heterocycles. The fraction of sp³-hybridized carbons (Fsp3) is 0.958. The van der Waals surface area contributed by atoms with Crippen molar-refractivity contribution in [2.75, 3.05) is 19.8 Å². The largest absolute Gasteiger partial charge is 0.394 e. The Bertz CT molecular complexity index is 1470. The molecule has 0 radical (unpaired) electrons. The summed E-state index contributed by atoms with van der Waals surface area (Å²) in [6, 6.07) is -0.911. The lowest BCUT2D eigenvalue weighted by Crippen LogP contribution is -2.65. The molecule has 2 heterocycles. The number of nitrogens with one attached hydrogen (secondary N) is 1. The van der Waals surface area contributed by atoms with E-state index in [0.717, 1.165) is 44.9 Å². The monoisotopic (exact) mass is 1210 g/mol. The molecule has 504 valence electrons. The van der Waals surface area contributed by atoms with Gasteiger partial charge in [-0.05, 0) is 19.3 Å². The fourth-order valence-electron chi connectivity index (χ4n) is 12.4. The van der Waals surface area contributed by atoms with Crippen molar-refractivity contribution >= 4 is 5.91 Å². The second kappa shape index (κ2) is 56.7. The zero-order valence-corrected chi connectivity index (χ0v) is 54.9. The first kappa shape index (κ1) is 79.8. The van der Waals surface area contributed by atoms with Gasteiger partial charge in [-0.2, -0.15) is 0 Å². The SMILES string of the molecule is CCCCCCCCCCCCCCCCCCCCCCC/C=C/C(O)C(COC1OC(CO)C(OC2OC(CO)C(O)C(O)C2O)C(O)C1O)NC(=O)CCCCCCCCCCCCCCCCCCCCCCCCCCCCCC. The zero-order chi connectivity index (χ0) is 61.6. The van der Waals surface area contributed by atoms with Crippen molar-refractivity contribution in [3.8, 4) is 0 Å². The average molecular weight is 1210 g/mol. The van der Waals surface area contributed by atoms with Crippen LogP contribution in [0.5, 0.6) is 0 Å². The number of allylic oxidation sites excluding steroid dienone is 1. The lowest BCUT2D eigenvalue weighted by Gasteiger charge is -2.46. The molecule has 14 heteroatoms. The van der Waals surface area contributed by atoms with Gasteiger partial charge in [0.05, 0.1) is 32.0 Å². The van der Waals surface area contributed by atoms with Crippen LogP contribution in [-0.4, -0.2) is 140 Å². The van der Waals surface area contributed by atoms with E-state index in [4.69, 9.17) is 18.9 Å². The van der Waals surface area contributed by atoms with Crippen molar-refractivity contribution in [2.45, 2.75) is 415 Å². The second-order valence-electron chi connectivity index (χ2n) is 26.1. The smallest absolute Gasteiger partial charge is 0.220 e. The first-order valence-electron chi connectivity index (χ1n) is 36.4. The van der Waals surface area contributed by atoms with Crippen molar-refractivity contribution < 1.29 is 64.6 Å². The number of unbranched alkanes of at least 4 members (excludes halogenated alkanes) is 48. The number of aliphatic hydroxyl groups excluding tert-OH is 8. The molecule has 0 aromatic heterocycles. The van der Waals surface area contributed by atoms with E-state index in [2.05, 4.69) is 19.2 Å². The molecule has 2 fully saturated rings. The van der Waals surface area contributed by atoms with Gasteiger partial charge in [0.1, 0.15) is 48.8 Å². The lowest BCUT2D eigenvalue weighted by molar-refractivity contribution is -0.359. The number of hydrogen-bond acceptors (Lipinski definition) is 13. The topological polar surface area (TPSA) is 228 Å². The Hall–Kier alpha value is -1.27. The minimum Gasteiger partial charge on any atom is -0.394 e. The summed E-state index contributed by atoms with van der Waals surface area (Å²) >= 11 is 0. The highest BCUT2D eigenvalue weighted by Gasteiger charge is 2.51. The molecule has 0 saturated carbocycles. The Morgan fingerprint density at radius 3 is 1.08 bits per heavy atom. The molecule has 85 heavy (non-hydrogen) atoms. The van der Waals surface area contributed by atoms with Crippen LogP contribution < -0.4 is 5.32 Å². The Kier molecular flexibility index (Phi) is 53.2. The van der Waals surface area contributed by atoms with E-state index >= 15 is 0 Å². The lowest BCUT2D eigenvalue weighted by atomic mass is 9.97. The molecule has 9 N–H and O–H groups in total. The van der Waals surface area contributed by atoms with Gasteiger partial charge >= 0.3 is 0 Å². The minimum absolute atomic E-state index is 0.230. The van der Waals surface area contributed by atoms with Gasteiger partial charge in [-0.1, -0.05) is 328 Å². The number of ether oxygens (including phenoxy) is 4. The summed E-state index contributed by atoms with van der Waals surface area (Å²) in [5.74, 6) is -0.230. The van der Waals surface area contributed by atoms with Crippen LogP contribution in [0.3, 0.4) is 0 Å². The minimum atomic E-state index is -1.79. The van der Waals surface area contributed by atoms with Crippen LogP contribution in [0.2, 0.25) is 0 Å². The summed E-state index contributed by atoms with van der Waals surface area (Å²) < 4.78 is 22.9. The van der Waals surface area contributed by atoms with Crippen LogP contribution in [0.4, 0.5) is 0 Å². The average Bonchev–Trinajstić information content (AvgIpc) is 3.69. The highest BCUT2D eigenvalue weighted by Crippen LogP contribution is 2.30. The molecule has 12 atom stereocenters. The van der Waals surface area contributed by atoms with Crippen molar-refractivity contribution in [3.05, 3.63) is 12.2 Å². The summed E-state index contributed by atoms with van der Waals surface area (Å²) in [5.41, 5.74) is 0. The number of hydrogen-bond donors (Lipinski definition) is 9. The number of aliphatic hydroxyl groups is 8.